The Hall–Kier alpha value is -2.76. The highest BCUT2D eigenvalue weighted by Gasteiger charge is 2.41. The lowest BCUT2D eigenvalue weighted by molar-refractivity contribution is 0.590. The van der Waals surface area contributed by atoms with E-state index in [0.29, 0.717) is 16.5 Å². The summed E-state index contributed by atoms with van der Waals surface area (Å²) in [6.45, 7) is 2.29. The summed E-state index contributed by atoms with van der Waals surface area (Å²) < 4.78 is 30.9. The van der Waals surface area contributed by atoms with E-state index < -0.39 is 10.0 Å². The number of halogens is 1. The van der Waals surface area contributed by atoms with Gasteiger partial charge in [0, 0.05) is 41.0 Å². The van der Waals surface area contributed by atoms with Crippen molar-refractivity contribution < 1.29 is 8.42 Å². The molecular weight excluding hydrogens is 416 g/mol. The molecule has 2 heterocycles. The van der Waals surface area contributed by atoms with Crippen LogP contribution in [-0.2, 0) is 17.1 Å². The van der Waals surface area contributed by atoms with Crippen molar-refractivity contribution in [3.8, 4) is 0 Å². The first-order valence-corrected chi connectivity index (χ1v) is 11.6. The minimum atomic E-state index is -3.71. The molecule has 0 saturated heterocycles. The van der Waals surface area contributed by atoms with E-state index >= 15 is 0 Å². The molecule has 3 aromatic carbocycles. The van der Waals surface area contributed by atoms with E-state index in [2.05, 4.69) is 6.07 Å². The van der Waals surface area contributed by atoms with Crippen molar-refractivity contribution in [2.75, 3.05) is 10.8 Å². The highest BCUT2D eigenvalue weighted by Crippen LogP contribution is 2.48. The molecule has 152 valence electrons. The van der Waals surface area contributed by atoms with Crippen molar-refractivity contribution >= 4 is 38.3 Å². The number of rotatable bonds is 3. The summed E-state index contributed by atoms with van der Waals surface area (Å²) in [7, 11) is -1.78. The van der Waals surface area contributed by atoms with E-state index in [-0.39, 0.29) is 5.92 Å². The fraction of sp³-hybridized carbons (Fsp3) is 0.167. The summed E-state index contributed by atoms with van der Waals surface area (Å²) in [6, 6.07) is 22.8. The predicted octanol–water partition coefficient (Wildman–Crippen LogP) is 5.48. The van der Waals surface area contributed by atoms with Gasteiger partial charge in [-0.05, 0) is 42.8 Å². The molecular formula is C24H21ClN2O2S. The first-order chi connectivity index (χ1) is 14.4. The van der Waals surface area contributed by atoms with Gasteiger partial charge in [-0.3, -0.25) is 4.31 Å². The monoisotopic (exact) mass is 436 g/mol. The third-order valence-electron chi connectivity index (χ3n) is 5.91. The third kappa shape index (κ3) is 2.84. The Morgan fingerprint density at radius 1 is 0.967 bits per heavy atom. The van der Waals surface area contributed by atoms with Crippen molar-refractivity contribution in [2.24, 2.45) is 7.05 Å². The van der Waals surface area contributed by atoms with Crippen LogP contribution < -0.4 is 4.31 Å². The highest BCUT2D eigenvalue weighted by atomic mass is 35.5. The summed E-state index contributed by atoms with van der Waals surface area (Å²) in [5.41, 5.74) is 4.09. The van der Waals surface area contributed by atoms with Crippen LogP contribution in [0.2, 0.25) is 5.02 Å². The first kappa shape index (κ1) is 19.2. The molecule has 4 nitrogen and oxygen atoms in total. The van der Waals surface area contributed by atoms with Crippen molar-refractivity contribution in [3.63, 3.8) is 0 Å². The minimum Gasteiger partial charge on any atom is -0.330 e. The number of hydrogen-bond donors (Lipinski definition) is 0. The van der Waals surface area contributed by atoms with E-state index in [1.54, 1.807) is 16.4 Å². The van der Waals surface area contributed by atoms with Crippen LogP contribution in [0.5, 0.6) is 0 Å². The van der Waals surface area contributed by atoms with Gasteiger partial charge in [0.2, 0.25) is 0 Å². The van der Waals surface area contributed by atoms with E-state index in [1.165, 1.54) is 0 Å². The minimum absolute atomic E-state index is 0.0926. The number of fused-ring (bicyclic) bond motifs is 3. The lowest BCUT2D eigenvalue weighted by Crippen LogP contribution is -2.31. The number of hydrogen-bond acceptors (Lipinski definition) is 2. The van der Waals surface area contributed by atoms with Crippen LogP contribution in [0.25, 0.3) is 10.9 Å². The van der Waals surface area contributed by atoms with Gasteiger partial charge in [-0.25, -0.2) is 8.42 Å². The number of benzene rings is 3. The van der Waals surface area contributed by atoms with E-state index in [4.69, 9.17) is 11.6 Å². The topological polar surface area (TPSA) is 42.3 Å². The molecule has 0 radical (unpaired) electrons. The number of aryl methyl sites for hydroxylation is 2. The second-order valence-corrected chi connectivity index (χ2v) is 10.1. The van der Waals surface area contributed by atoms with Crippen LogP contribution >= 0.6 is 11.6 Å². The van der Waals surface area contributed by atoms with Crippen LogP contribution in [-0.4, -0.2) is 19.5 Å². The van der Waals surface area contributed by atoms with Gasteiger partial charge in [0.25, 0.3) is 10.0 Å². The SMILES string of the molecule is Cc1ccc(S(=O)(=O)N2CC(c3cccc(Cl)c3)c3c2n(C)c2ccccc32)cc1. The standard InChI is InChI=1S/C24H21ClN2O2S/c1-16-10-12-19(13-11-16)30(28,29)27-15-21(17-6-5-7-18(25)14-17)23-20-8-3-4-9-22(20)26(2)24(23)27/h3-14,21H,15H2,1-2H3. The molecule has 0 bridgehead atoms. The van der Waals surface area contributed by atoms with Gasteiger partial charge in [-0.2, -0.15) is 0 Å². The summed E-state index contributed by atoms with van der Waals surface area (Å²) >= 11 is 6.27. The van der Waals surface area contributed by atoms with Gasteiger partial charge in [-0.1, -0.05) is 59.6 Å². The molecule has 6 heteroatoms. The van der Waals surface area contributed by atoms with E-state index in [9.17, 15) is 8.42 Å². The summed E-state index contributed by atoms with van der Waals surface area (Å²) in [5, 5.41) is 1.72. The number of sulfonamides is 1. The van der Waals surface area contributed by atoms with Crippen molar-refractivity contribution in [2.45, 2.75) is 17.7 Å². The normalized spacial score (nSPS) is 16.2. The Labute approximate surface area is 181 Å². The van der Waals surface area contributed by atoms with Gasteiger partial charge in [0.05, 0.1) is 4.90 Å². The van der Waals surface area contributed by atoms with E-state index in [0.717, 1.165) is 33.4 Å². The maximum absolute atomic E-state index is 13.7. The molecule has 30 heavy (non-hydrogen) atoms. The van der Waals surface area contributed by atoms with Gasteiger partial charge in [-0.15, -0.1) is 0 Å². The van der Waals surface area contributed by atoms with Gasteiger partial charge in [0.1, 0.15) is 5.82 Å². The summed E-state index contributed by atoms with van der Waals surface area (Å²) in [5.74, 6) is 0.631. The first-order valence-electron chi connectivity index (χ1n) is 9.80. The Morgan fingerprint density at radius 2 is 1.70 bits per heavy atom. The zero-order valence-corrected chi connectivity index (χ0v) is 18.3. The summed E-state index contributed by atoms with van der Waals surface area (Å²) in [4.78, 5) is 0.302. The van der Waals surface area contributed by atoms with Gasteiger partial charge in [0.15, 0.2) is 0 Å². The number of nitrogens with zero attached hydrogens (tertiary/aromatic N) is 2. The molecule has 1 unspecified atom stereocenters. The molecule has 0 amide bonds. The van der Waals surface area contributed by atoms with E-state index in [1.807, 2.05) is 73.1 Å². The molecule has 5 rings (SSSR count). The zero-order valence-electron chi connectivity index (χ0n) is 16.7. The molecule has 1 aliphatic heterocycles. The number of para-hydroxylation sites is 1. The average Bonchev–Trinajstić information content (AvgIpc) is 3.26. The second kappa shape index (κ2) is 6.89. The van der Waals surface area contributed by atoms with Crippen molar-refractivity contribution in [1.29, 1.82) is 0 Å². The predicted molar refractivity (Wildman–Crippen MR) is 122 cm³/mol. The molecule has 0 saturated carbocycles. The van der Waals surface area contributed by atoms with Crippen LogP contribution in [0, 0.1) is 6.92 Å². The third-order valence-corrected chi connectivity index (χ3v) is 7.91. The lowest BCUT2D eigenvalue weighted by atomic mass is 9.93. The zero-order chi connectivity index (χ0) is 21.0. The van der Waals surface area contributed by atoms with Crippen LogP contribution in [0.1, 0.15) is 22.6 Å². The Morgan fingerprint density at radius 3 is 2.43 bits per heavy atom. The van der Waals surface area contributed by atoms with Crippen molar-refractivity contribution in [3.05, 3.63) is 94.5 Å². The molecule has 1 aliphatic rings. The maximum atomic E-state index is 13.7. The van der Waals surface area contributed by atoms with Crippen LogP contribution in [0.4, 0.5) is 5.82 Å². The van der Waals surface area contributed by atoms with Crippen LogP contribution in [0.15, 0.2) is 77.7 Å². The Balaban J connectivity index is 1.75. The number of aromatic nitrogens is 1. The van der Waals surface area contributed by atoms with Gasteiger partial charge >= 0.3 is 0 Å². The smallest absolute Gasteiger partial charge is 0.265 e. The fourth-order valence-electron chi connectivity index (χ4n) is 4.44. The quantitative estimate of drug-likeness (QED) is 0.426. The Kier molecular flexibility index (Phi) is 4.42. The molecule has 0 aliphatic carbocycles. The maximum Gasteiger partial charge on any atom is 0.265 e. The molecule has 4 aromatic rings. The molecule has 1 aromatic heterocycles. The van der Waals surface area contributed by atoms with Gasteiger partial charge < -0.3 is 4.57 Å². The average molecular weight is 437 g/mol. The van der Waals surface area contributed by atoms with Crippen molar-refractivity contribution in [1.82, 2.24) is 4.57 Å². The Bertz CT molecular complexity index is 1370. The molecule has 0 fully saturated rings. The highest BCUT2D eigenvalue weighted by molar-refractivity contribution is 7.92. The summed E-state index contributed by atoms with van der Waals surface area (Å²) in [6.07, 6.45) is 0. The fourth-order valence-corrected chi connectivity index (χ4v) is 6.17. The molecule has 1 atom stereocenters. The molecule has 0 N–H and O–H groups in total. The second-order valence-electron chi connectivity index (χ2n) is 7.77. The van der Waals surface area contributed by atoms with Crippen LogP contribution in [0.3, 0.4) is 0 Å². The lowest BCUT2D eigenvalue weighted by Gasteiger charge is -2.22. The number of anilines is 1. The largest absolute Gasteiger partial charge is 0.330 e. The molecule has 0 spiro atoms.